The van der Waals surface area contributed by atoms with Crippen molar-refractivity contribution >= 4 is 45.5 Å². The van der Waals surface area contributed by atoms with Gasteiger partial charge in [0.2, 0.25) is 0 Å². The molecule has 534 valence electrons. The normalized spacial score (nSPS) is 13.8. The third kappa shape index (κ3) is 15.2. The van der Waals surface area contributed by atoms with Gasteiger partial charge in [0.25, 0.3) is 0 Å². The van der Waals surface area contributed by atoms with Crippen molar-refractivity contribution in [3.63, 3.8) is 0 Å². The molecule has 0 unspecified atom stereocenters. The molecule has 0 atom stereocenters. The van der Waals surface area contributed by atoms with Crippen molar-refractivity contribution in [2.45, 2.75) is 250 Å². The Kier molecular flexibility index (Phi) is 24.4. The average molecular weight is 1360 g/mol. The first-order chi connectivity index (χ1) is 50.7. The SMILES string of the molecule is CCCCCCC1(CCCCCC)c2ccccc2-c2ccc(N(C)c3ccc(-c4ccc(N(c5ccc6c(c5)C(CCCCCC)(CCCCCC)c5ccccc5-6)c5ccc6c(c5)C(CCCCCC)(CCCCCC)c5cc(N(c7ccccc7)c7ccccc7)ccc5-6)cc4)cc3)cc21. The minimum Gasteiger partial charge on any atom is -0.345 e. The van der Waals surface area contributed by atoms with E-state index in [1.54, 1.807) is 16.7 Å². The molecule has 0 heterocycles. The zero-order valence-electron chi connectivity index (χ0n) is 64.0. The van der Waals surface area contributed by atoms with Gasteiger partial charge in [-0.25, -0.2) is 0 Å². The Bertz CT molecular complexity index is 4270. The van der Waals surface area contributed by atoms with E-state index in [1.807, 2.05) is 0 Å². The maximum atomic E-state index is 2.69. The fourth-order valence-electron chi connectivity index (χ4n) is 19.0. The van der Waals surface area contributed by atoms with E-state index in [0.29, 0.717) is 0 Å². The lowest BCUT2D eigenvalue weighted by Gasteiger charge is -2.35. The second kappa shape index (κ2) is 34.5. The molecule has 0 bridgehead atoms. The van der Waals surface area contributed by atoms with Crippen LogP contribution in [0.5, 0.6) is 0 Å². The molecule has 0 spiro atoms. The van der Waals surface area contributed by atoms with Gasteiger partial charge >= 0.3 is 0 Å². The van der Waals surface area contributed by atoms with Gasteiger partial charge in [-0.3, -0.25) is 0 Å². The fourth-order valence-corrected chi connectivity index (χ4v) is 19.0. The largest absolute Gasteiger partial charge is 0.345 e. The lowest BCUT2D eigenvalue weighted by molar-refractivity contribution is 0.401. The molecule has 0 N–H and O–H groups in total. The monoisotopic (exact) mass is 1360 g/mol. The van der Waals surface area contributed by atoms with Crippen molar-refractivity contribution in [3.05, 3.63) is 264 Å². The summed E-state index contributed by atoms with van der Waals surface area (Å²) in [5, 5.41) is 0. The van der Waals surface area contributed by atoms with Crippen molar-refractivity contribution in [3.8, 4) is 44.5 Å². The summed E-state index contributed by atoms with van der Waals surface area (Å²) in [4.78, 5) is 7.57. The smallest absolute Gasteiger partial charge is 0.0465 e. The van der Waals surface area contributed by atoms with Crippen LogP contribution in [0, 0.1) is 0 Å². The molecule has 103 heavy (non-hydrogen) atoms. The first-order valence-electron chi connectivity index (χ1n) is 41.2. The summed E-state index contributed by atoms with van der Waals surface area (Å²) in [7, 11) is 2.27. The summed E-state index contributed by atoms with van der Waals surface area (Å²) < 4.78 is 0. The van der Waals surface area contributed by atoms with Gasteiger partial charge < -0.3 is 14.7 Å². The molecule has 0 saturated heterocycles. The number of hydrogen-bond donors (Lipinski definition) is 0. The van der Waals surface area contributed by atoms with Crippen LogP contribution in [0.2, 0.25) is 0 Å². The number of fused-ring (bicyclic) bond motifs is 9. The van der Waals surface area contributed by atoms with Crippen molar-refractivity contribution in [2.75, 3.05) is 21.7 Å². The maximum absolute atomic E-state index is 2.69. The molecular weight excluding hydrogens is 1240 g/mol. The van der Waals surface area contributed by atoms with Gasteiger partial charge in [0, 0.05) is 68.8 Å². The number of rotatable bonds is 39. The molecule has 3 aliphatic carbocycles. The standard InChI is InChI=1S/C100H119N3/c1-8-14-20-36-66-98(67-37-21-15-9-2)92-48-34-32-46-86(92)88-62-58-82(72-94(88)98)101(7)78-54-50-76(51-55-78)77-52-56-81(57-53-77)103(84-60-63-89-87-47-33-35-49-93(87)99(95(89)74-84,68-38-22-16-10-3)69-39-23-17-11-4)85-61-65-91-90-64-59-83(102(79-42-28-26-29-43-79)80-44-30-27-31-45-80)73-96(90)100(97(91)75-85,70-40-24-18-12-5)71-41-25-19-13-6/h26-35,42-65,72-75H,8-25,36-41,66-71H2,1-7H3. The summed E-state index contributed by atoms with van der Waals surface area (Å²) >= 11 is 0. The Balaban J connectivity index is 0.909. The Morgan fingerprint density at radius 3 is 0.777 bits per heavy atom. The minimum atomic E-state index is -0.169. The fraction of sp³-hybridized carbons (Fsp3) is 0.400. The van der Waals surface area contributed by atoms with Crippen LogP contribution >= 0.6 is 0 Å². The first-order valence-corrected chi connectivity index (χ1v) is 41.2. The Morgan fingerprint density at radius 2 is 0.447 bits per heavy atom. The molecule has 0 aliphatic heterocycles. The van der Waals surface area contributed by atoms with Gasteiger partial charge in [-0.15, -0.1) is 0 Å². The van der Waals surface area contributed by atoms with Gasteiger partial charge in [-0.2, -0.15) is 0 Å². The second-order valence-electron chi connectivity index (χ2n) is 31.1. The van der Waals surface area contributed by atoms with E-state index in [0.717, 1.165) is 12.8 Å². The molecule has 10 aromatic carbocycles. The summed E-state index contributed by atoms with van der Waals surface area (Å²) in [6.45, 7) is 14.1. The van der Waals surface area contributed by atoms with E-state index in [9.17, 15) is 0 Å². The topological polar surface area (TPSA) is 9.72 Å². The molecule has 0 aromatic heterocycles. The van der Waals surface area contributed by atoms with Crippen LogP contribution in [0.1, 0.15) is 268 Å². The van der Waals surface area contributed by atoms with Crippen LogP contribution < -0.4 is 14.7 Å². The molecular formula is C100H119N3. The Labute approximate surface area is 622 Å². The summed E-state index contributed by atoms with van der Waals surface area (Å²) in [6.07, 6.45) is 37.3. The highest BCUT2D eigenvalue weighted by Crippen LogP contribution is 2.60. The zero-order chi connectivity index (χ0) is 71.0. The lowest BCUT2D eigenvalue weighted by Crippen LogP contribution is -2.26. The minimum absolute atomic E-state index is 0.0469. The first kappa shape index (κ1) is 72.9. The summed E-state index contributed by atoms with van der Waals surface area (Å²) in [5.41, 5.74) is 29.8. The maximum Gasteiger partial charge on any atom is 0.0465 e. The molecule has 13 rings (SSSR count). The highest BCUT2D eigenvalue weighted by Gasteiger charge is 2.46. The van der Waals surface area contributed by atoms with Crippen LogP contribution in [0.3, 0.4) is 0 Å². The number of nitrogens with zero attached hydrogens (tertiary/aromatic N) is 3. The van der Waals surface area contributed by atoms with E-state index in [2.05, 4.69) is 294 Å². The number of benzene rings is 10. The predicted molar refractivity (Wildman–Crippen MR) is 447 cm³/mol. The Hall–Kier alpha value is -8.40. The van der Waals surface area contributed by atoms with Gasteiger partial charge in [0.05, 0.1) is 0 Å². The van der Waals surface area contributed by atoms with Crippen LogP contribution in [-0.4, -0.2) is 7.05 Å². The molecule has 3 heteroatoms. The molecule has 0 amide bonds. The van der Waals surface area contributed by atoms with Gasteiger partial charge in [-0.05, 0) is 213 Å². The molecule has 3 nitrogen and oxygen atoms in total. The van der Waals surface area contributed by atoms with Gasteiger partial charge in [0.15, 0.2) is 0 Å². The van der Waals surface area contributed by atoms with Crippen molar-refractivity contribution in [2.24, 2.45) is 0 Å². The molecule has 0 fully saturated rings. The Morgan fingerprint density at radius 1 is 0.204 bits per heavy atom. The predicted octanol–water partition coefficient (Wildman–Crippen LogP) is 30.7. The lowest BCUT2D eigenvalue weighted by atomic mass is 9.70. The zero-order valence-corrected chi connectivity index (χ0v) is 64.0. The second-order valence-corrected chi connectivity index (χ2v) is 31.1. The number of unbranched alkanes of at least 4 members (excludes halogenated alkanes) is 18. The van der Waals surface area contributed by atoms with E-state index < -0.39 is 0 Å². The van der Waals surface area contributed by atoms with Gasteiger partial charge in [0.1, 0.15) is 0 Å². The molecule has 3 aliphatic rings. The number of hydrogen-bond acceptors (Lipinski definition) is 3. The number of anilines is 8. The van der Waals surface area contributed by atoms with Gasteiger partial charge in [-0.1, -0.05) is 329 Å². The van der Waals surface area contributed by atoms with E-state index >= 15 is 0 Å². The highest BCUT2D eigenvalue weighted by molar-refractivity contribution is 5.91. The molecule has 10 aromatic rings. The molecule has 0 saturated carbocycles. The van der Waals surface area contributed by atoms with E-state index in [-0.39, 0.29) is 16.2 Å². The van der Waals surface area contributed by atoms with Crippen LogP contribution in [0.15, 0.2) is 231 Å². The van der Waals surface area contributed by atoms with Crippen molar-refractivity contribution < 1.29 is 0 Å². The number of para-hydroxylation sites is 2. The highest BCUT2D eigenvalue weighted by atomic mass is 15.1. The summed E-state index contributed by atoms with van der Waals surface area (Å²) in [5.74, 6) is 0. The summed E-state index contributed by atoms with van der Waals surface area (Å²) in [6, 6.07) is 90.4. The quantitative estimate of drug-likeness (QED) is 0.0356. The third-order valence-electron chi connectivity index (χ3n) is 24.5. The molecule has 0 radical (unpaired) electrons. The van der Waals surface area contributed by atoms with Crippen molar-refractivity contribution in [1.29, 1.82) is 0 Å². The van der Waals surface area contributed by atoms with Crippen LogP contribution in [-0.2, 0) is 16.2 Å². The van der Waals surface area contributed by atoms with E-state index in [4.69, 9.17) is 0 Å². The third-order valence-corrected chi connectivity index (χ3v) is 24.5. The van der Waals surface area contributed by atoms with E-state index in [1.165, 1.54) is 286 Å². The van der Waals surface area contributed by atoms with Crippen LogP contribution in [0.4, 0.5) is 45.5 Å². The average Bonchev–Trinajstić information content (AvgIpc) is 1.58. The van der Waals surface area contributed by atoms with Crippen molar-refractivity contribution in [1.82, 2.24) is 0 Å². The van der Waals surface area contributed by atoms with Crippen LogP contribution in [0.25, 0.3) is 44.5 Å².